The van der Waals surface area contributed by atoms with Gasteiger partial charge in [-0.1, -0.05) is 29.3 Å². The molecule has 174 valence electrons. The number of nitrogens with zero attached hydrogens (tertiary/aromatic N) is 2. The Hall–Kier alpha value is -3.33. The third-order valence-corrected chi connectivity index (χ3v) is 6.33. The van der Waals surface area contributed by atoms with Gasteiger partial charge >= 0.3 is 5.97 Å². The van der Waals surface area contributed by atoms with E-state index >= 15 is 0 Å². The first-order chi connectivity index (χ1) is 16.3. The van der Waals surface area contributed by atoms with Crippen LogP contribution in [0.4, 0.5) is 5.69 Å². The number of hydrogen-bond acceptors (Lipinski definition) is 6. The largest absolute Gasteiger partial charge is 0.497 e. The summed E-state index contributed by atoms with van der Waals surface area (Å²) in [5.74, 6) is 0.495. The van der Waals surface area contributed by atoms with E-state index in [-0.39, 0.29) is 17.4 Å². The van der Waals surface area contributed by atoms with E-state index in [1.54, 1.807) is 61.7 Å². The SMILES string of the molecule is COC(=O)CN1C(=S)N(c2ccc(OC)cc2)C(=O)/C1=C/c1ccc(-c2cccc(Cl)c2Cl)o1. The minimum Gasteiger partial charge on any atom is -0.497 e. The molecular formula is C24H18Cl2N2O5S. The molecule has 0 atom stereocenters. The Bertz CT molecular complexity index is 1300. The van der Waals surface area contributed by atoms with Crippen LogP contribution in [0.3, 0.4) is 0 Å². The molecule has 1 aliphatic heterocycles. The van der Waals surface area contributed by atoms with Crippen LogP contribution in [0.25, 0.3) is 17.4 Å². The predicted molar refractivity (Wildman–Crippen MR) is 134 cm³/mol. The average molecular weight is 517 g/mol. The predicted octanol–water partition coefficient (Wildman–Crippen LogP) is 5.41. The van der Waals surface area contributed by atoms with E-state index in [9.17, 15) is 9.59 Å². The zero-order valence-corrected chi connectivity index (χ0v) is 20.4. The Kier molecular flexibility index (Phi) is 6.92. The van der Waals surface area contributed by atoms with E-state index in [0.717, 1.165) is 0 Å². The van der Waals surface area contributed by atoms with Crippen molar-refractivity contribution in [3.05, 3.63) is 76.1 Å². The minimum atomic E-state index is -0.552. The maximum absolute atomic E-state index is 13.4. The third-order valence-electron chi connectivity index (χ3n) is 5.10. The highest BCUT2D eigenvalue weighted by Gasteiger charge is 2.40. The number of methoxy groups -OCH3 is 2. The van der Waals surface area contributed by atoms with Gasteiger partial charge in [-0.05, 0) is 60.7 Å². The Morgan fingerprint density at radius 1 is 1.09 bits per heavy atom. The van der Waals surface area contributed by atoms with Crippen LogP contribution in [0.5, 0.6) is 5.75 Å². The molecule has 4 rings (SSSR count). The lowest BCUT2D eigenvalue weighted by molar-refractivity contribution is -0.140. The summed E-state index contributed by atoms with van der Waals surface area (Å²) in [4.78, 5) is 28.2. The highest BCUT2D eigenvalue weighted by Crippen LogP contribution is 2.35. The molecule has 1 aliphatic rings. The molecule has 1 fully saturated rings. The molecule has 0 saturated carbocycles. The maximum Gasteiger partial charge on any atom is 0.325 e. The van der Waals surface area contributed by atoms with E-state index in [0.29, 0.717) is 38.6 Å². The highest BCUT2D eigenvalue weighted by molar-refractivity contribution is 7.80. The van der Waals surface area contributed by atoms with Crippen molar-refractivity contribution < 1.29 is 23.5 Å². The average Bonchev–Trinajstić information content (AvgIpc) is 3.39. The van der Waals surface area contributed by atoms with E-state index in [4.69, 9.17) is 49.3 Å². The molecule has 2 aromatic carbocycles. The van der Waals surface area contributed by atoms with Gasteiger partial charge in [0, 0.05) is 11.6 Å². The van der Waals surface area contributed by atoms with Crippen LogP contribution in [0.2, 0.25) is 10.0 Å². The summed E-state index contributed by atoms with van der Waals surface area (Å²) < 4.78 is 15.9. The zero-order valence-electron chi connectivity index (χ0n) is 18.1. The maximum atomic E-state index is 13.4. The molecule has 1 aromatic heterocycles. The van der Waals surface area contributed by atoms with Crippen LogP contribution in [-0.4, -0.2) is 42.7 Å². The first kappa shape index (κ1) is 23.8. The zero-order chi connectivity index (χ0) is 24.4. The Morgan fingerprint density at radius 2 is 1.82 bits per heavy atom. The number of amides is 1. The molecule has 0 spiro atoms. The Morgan fingerprint density at radius 3 is 2.50 bits per heavy atom. The van der Waals surface area contributed by atoms with Crippen LogP contribution in [0.15, 0.2) is 64.7 Å². The monoisotopic (exact) mass is 516 g/mol. The number of carbonyl (C=O) groups is 2. The lowest BCUT2D eigenvalue weighted by Crippen LogP contribution is -2.35. The topological polar surface area (TPSA) is 72.2 Å². The molecule has 7 nitrogen and oxygen atoms in total. The second kappa shape index (κ2) is 9.89. The normalized spacial score (nSPS) is 14.8. The van der Waals surface area contributed by atoms with Crippen LogP contribution in [-0.2, 0) is 14.3 Å². The molecule has 3 aromatic rings. The van der Waals surface area contributed by atoms with Gasteiger partial charge in [-0.3, -0.25) is 14.5 Å². The minimum absolute atomic E-state index is 0.136. The van der Waals surface area contributed by atoms with E-state index in [1.807, 2.05) is 0 Å². The summed E-state index contributed by atoms with van der Waals surface area (Å²) in [6.07, 6.45) is 1.52. The van der Waals surface area contributed by atoms with Crippen LogP contribution < -0.4 is 9.64 Å². The van der Waals surface area contributed by atoms with Crippen LogP contribution in [0.1, 0.15) is 5.76 Å². The van der Waals surface area contributed by atoms with Gasteiger partial charge in [-0.2, -0.15) is 0 Å². The molecule has 10 heteroatoms. The lowest BCUT2D eigenvalue weighted by atomic mass is 10.2. The van der Waals surface area contributed by atoms with Crippen molar-refractivity contribution in [1.29, 1.82) is 0 Å². The number of carbonyl (C=O) groups excluding carboxylic acids is 2. The number of rotatable bonds is 6. The number of hydrogen-bond donors (Lipinski definition) is 0. The van der Waals surface area contributed by atoms with Gasteiger partial charge in [0.1, 0.15) is 29.5 Å². The molecule has 1 amide bonds. The molecule has 0 N–H and O–H groups in total. The fourth-order valence-corrected chi connectivity index (χ4v) is 4.13. The van der Waals surface area contributed by atoms with E-state index in [1.165, 1.54) is 23.0 Å². The molecule has 0 radical (unpaired) electrons. The first-order valence-electron chi connectivity index (χ1n) is 9.96. The van der Waals surface area contributed by atoms with Crippen molar-refractivity contribution in [2.45, 2.75) is 0 Å². The fourth-order valence-electron chi connectivity index (χ4n) is 3.39. The quantitative estimate of drug-likeness (QED) is 0.246. The summed E-state index contributed by atoms with van der Waals surface area (Å²) in [6.45, 7) is -0.243. The van der Waals surface area contributed by atoms with Gasteiger partial charge in [0.05, 0.1) is 30.0 Å². The van der Waals surface area contributed by atoms with Crippen molar-refractivity contribution in [3.63, 3.8) is 0 Å². The smallest absolute Gasteiger partial charge is 0.325 e. The summed E-state index contributed by atoms with van der Waals surface area (Å²) in [7, 11) is 2.81. The van der Waals surface area contributed by atoms with Gasteiger partial charge in [0.25, 0.3) is 5.91 Å². The molecular weight excluding hydrogens is 499 g/mol. The summed E-state index contributed by atoms with van der Waals surface area (Å²) >= 11 is 18.0. The lowest BCUT2D eigenvalue weighted by Gasteiger charge is -2.19. The Labute approximate surface area is 211 Å². The highest BCUT2D eigenvalue weighted by atomic mass is 35.5. The van der Waals surface area contributed by atoms with Crippen molar-refractivity contribution >= 4 is 64.2 Å². The van der Waals surface area contributed by atoms with Gasteiger partial charge in [-0.15, -0.1) is 0 Å². The number of furan rings is 1. The van der Waals surface area contributed by atoms with E-state index in [2.05, 4.69) is 0 Å². The molecule has 2 heterocycles. The van der Waals surface area contributed by atoms with E-state index < -0.39 is 11.9 Å². The number of esters is 1. The third kappa shape index (κ3) is 4.52. The standard InChI is InChI=1S/C24H18Cl2N2O5S/c1-31-15-8-6-14(7-9-15)28-23(30)19(27(24(28)34)13-21(29)32-2)12-16-10-11-20(33-16)17-4-3-5-18(25)22(17)26/h3-12H,13H2,1-2H3/b19-12-. The number of thiocarbonyl (C=S) groups is 1. The van der Waals surface area contributed by atoms with Gasteiger partial charge in [0.15, 0.2) is 5.11 Å². The van der Waals surface area contributed by atoms with Crippen LogP contribution in [0, 0.1) is 0 Å². The summed E-state index contributed by atoms with van der Waals surface area (Å²) in [6, 6.07) is 15.4. The molecule has 1 saturated heterocycles. The van der Waals surface area contributed by atoms with Crippen molar-refractivity contribution in [3.8, 4) is 17.1 Å². The fraction of sp³-hybridized carbons (Fsp3) is 0.125. The molecule has 0 unspecified atom stereocenters. The van der Waals surface area contributed by atoms with Crippen molar-refractivity contribution in [1.82, 2.24) is 4.90 Å². The van der Waals surface area contributed by atoms with Gasteiger partial charge in [-0.25, -0.2) is 0 Å². The second-order valence-corrected chi connectivity index (χ2v) is 8.27. The van der Waals surface area contributed by atoms with Crippen LogP contribution >= 0.6 is 35.4 Å². The summed E-state index contributed by atoms with van der Waals surface area (Å²) in [5.41, 5.74) is 1.29. The summed E-state index contributed by atoms with van der Waals surface area (Å²) in [5, 5.41) is 0.886. The first-order valence-corrected chi connectivity index (χ1v) is 11.1. The van der Waals surface area contributed by atoms with Gasteiger partial charge < -0.3 is 18.8 Å². The second-order valence-electron chi connectivity index (χ2n) is 7.12. The number of halogens is 2. The Balaban J connectivity index is 1.72. The van der Waals surface area contributed by atoms with Gasteiger partial charge in [0.2, 0.25) is 0 Å². The molecule has 0 bridgehead atoms. The number of anilines is 1. The van der Waals surface area contributed by atoms with Crippen molar-refractivity contribution in [2.24, 2.45) is 0 Å². The number of benzene rings is 2. The number of ether oxygens (including phenoxy) is 2. The molecule has 34 heavy (non-hydrogen) atoms. The molecule has 0 aliphatic carbocycles. The van der Waals surface area contributed by atoms with Crippen molar-refractivity contribution in [2.75, 3.05) is 25.7 Å².